The van der Waals surface area contributed by atoms with Crippen LogP contribution in [0.15, 0.2) is 9.80 Å². The Morgan fingerprint density at radius 2 is 2.29 bits per heavy atom. The van der Waals surface area contributed by atoms with E-state index in [1.165, 1.54) is 12.8 Å². The highest BCUT2D eigenvalue weighted by molar-refractivity contribution is 7.09. The molecule has 1 saturated carbocycles. The van der Waals surface area contributed by atoms with Crippen LogP contribution in [0.3, 0.4) is 0 Å². The molecule has 6 nitrogen and oxygen atoms in total. The van der Waals surface area contributed by atoms with Crippen molar-refractivity contribution in [3.8, 4) is 0 Å². The van der Waals surface area contributed by atoms with Crippen LogP contribution in [0, 0.1) is 6.92 Å². The van der Waals surface area contributed by atoms with Crippen molar-refractivity contribution < 1.29 is 9.15 Å². The van der Waals surface area contributed by atoms with Gasteiger partial charge in [-0.3, -0.25) is 4.90 Å². The van der Waals surface area contributed by atoms with E-state index < -0.39 is 0 Å². The Balaban J connectivity index is 1.40. The molecule has 0 amide bonds. The van der Waals surface area contributed by atoms with Gasteiger partial charge in [-0.1, -0.05) is 0 Å². The Labute approximate surface area is 127 Å². The van der Waals surface area contributed by atoms with Crippen LogP contribution < -0.4 is 0 Å². The van der Waals surface area contributed by atoms with Crippen LogP contribution in [0.1, 0.15) is 47.3 Å². The van der Waals surface area contributed by atoms with Crippen molar-refractivity contribution >= 4 is 11.3 Å². The fourth-order valence-electron chi connectivity index (χ4n) is 2.53. The molecule has 0 radical (unpaired) electrons. The lowest BCUT2D eigenvalue weighted by Crippen LogP contribution is -2.37. The predicted octanol–water partition coefficient (Wildman–Crippen LogP) is 2.29. The van der Waals surface area contributed by atoms with Crippen molar-refractivity contribution in [2.24, 2.45) is 0 Å². The number of nitrogens with zero attached hydrogens (tertiary/aromatic N) is 4. The zero-order valence-electron chi connectivity index (χ0n) is 12.0. The number of ether oxygens (including phenoxy) is 1. The van der Waals surface area contributed by atoms with Crippen molar-refractivity contribution in [1.29, 1.82) is 0 Å². The zero-order valence-corrected chi connectivity index (χ0v) is 12.8. The summed E-state index contributed by atoms with van der Waals surface area (Å²) in [6, 6.07) is 0. The summed E-state index contributed by atoms with van der Waals surface area (Å²) in [5.41, 5.74) is 1.06. The number of morpholine rings is 1. The third-order valence-corrected chi connectivity index (χ3v) is 4.89. The number of aryl methyl sites for hydroxylation is 1. The molecule has 4 rings (SSSR count). The van der Waals surface area contributed by atoms with E-state index >= 15 is 0 Å². The second-order valence-electron chi connectivity index (χ2n) is 5.73. The molecule has 1 unspecified atom stereocenters. The Kier molecular flexibility index (Phi) is 3.48. The summed E-state index contributed by atoms with van der Waals surface area (Å²) >= 11 is 1.67. The molecule has 1 aliphatic heterocycles. The number of hydrogen-bond donors (Lipinski definition) is 0. The van der Waals surface area contributed by atoms with Crippen LogP contribution in [-0.2, 0) is 11.3 Å². The van der Waals surface area contributed by atoms with Gasteiger partial charge in [0.2, 0.25) is 11.8 Å². The number of hydrogen-bond acceptors (Lipinski definition) is 7. The largest absolute Gasteiger partial charge is 0.424 e. The molecule has 3 heterocycles. The van der Waals surface area contributed by atoms with Crippen molar-refractivity contribution in [3.05, 3.63) is 27.9 Å². The molecular weight excluding hydrogens is 288 g/mol. The number of rotatable bonds is 4. The maximum atomic E-state index is 5.84. The van der Waals surface area contributed by atoms with Gasteiger partial charge in [-0.05, 0) is 19.8 Å². The molecular formula is C14H18N4O2S. The fraction of sp³-hybridized carbons (Fsp3) is 0.643. The van der Waals surface area contributed by atoms with Crippen LogP contribution in [-0.4, -0.2) is 39.8 Å². The first kappa shape index (κ1) is 13.4. The molecule has 0 aromatic carbocycles. The molecule has 0 bridgehead atoms. The van der Waals surface area contributed by atoms with Gasteiger partial charge in [0.05, 0.1) is 13.2 Å². The monoisotopic (exact) mass is 306 g/mol. The quantitative estimate of drug-likeness (QED) is 0.863. The predicted molar refractivity (Wildman–Crippen MR) is 77.1 cm³/mol. The molecule has 0 spiro atoms. The molecule has 0 N–H and O–H groups in total. The lowest BCUT2D eigenvalue weighted by Gasteiger charge is -2.30. The first-order chi connectivity index (χ1) is 10.3. The van der Waals surface area contributed by atoms with Gasteiger partial charge in [0.15, 0.2) is 0 Å². The second kappa shape index (κ2) is 5.47. The van der Waals surface area contributed by atoms with Gasteiger partial charge in [0, 0.05) is 30.1 Å². The summed E-state index contributed by atoms with van der Waals surface area (Å²) < 4.78 is 11.6. The van der Waals surface area contributed by atoms with Crippen molar-refractivity contribution in [1.82, 2.24) is 20.1 Å². The minimum Gasteiger partial charge on any atom is -0.424 e. The third kappa shape index (κ3) is 3.00. The lowest BCUT2D eigenvalue weighted by molar-refractivity contribution is -0.0353. The molecule has 1 atom stereocenters. The molecule has 2 aromatic heterocycles. The standard InChI is InChI=1S/C14H18N4O2S/c1-9-8-21-14(15-9)11-6-18(4-5-19-11)7-12-16-17-13(20-12)10-2-3-10/h8,10-11H,2-7H2,1H3. The highest BCUT2D eigenvalue weighted by atomic mass is 32.1. The molecule has 2 fully saturated rings. The summed E-state index contributed by atoms with van der Waals surface area (Å²) in [6.07, 6.45) is 2.43. The van der Waals surface area contributed by atoms with Gasteiger partial charge in [0.1, 0.15) is 11.1 Å². The average molecular weight is 306 g/mol. The fourth-order valence-corrected chi connectivity index (χ4v) is 3.37. The third-order valence-electron chi connectivity index (χ3n) is 3.83. The number of thiazole rings is 1. The molecule has 2 aromatic rings. The second-order valence-corrected chi connectivity index (χ2v) is 6.62. The summed E-state index contributed by atoms with van der Waals surface area (Å²) in [6.45, 7) is 5.14. The molecule has 7 heteroatoms. The highest BCUT2D eigenvalue weighted by Gasteiger charge is 2.30. The van der Waals surface area contributed by atoms with Gasteiger partial charge in [-0.25, -0.2) is 4.98 Å². The summed E-state index contributed by atoms with van der Waals surface area (Å²) in [5, 5.41) is 11.4. The lowest BCUT2D eigenvalue weighted by atomic mass is 10.3. The molecule has 2 aliphatic rings. The van der Waals surface area contributed by atoms with Crippen LogP contribution in [0.4, 0.5) is 0 Å². The van der Waals surface area contributed by atoms with E-state index in [1.54, 1.807) is 11.3 Å². The Morgan fingerprint density at radius 3 is 3.05 bits per heavy atom. The Bertz CT molecular complexity index is 622. The number of aromatic nitrogens is 3. The van der Waals surface area contributed by atoms with Crippen LogP contribution in [0.5, 0.6) is 0 Å². The summed E-state index contributed by atoms with van der Waals surface area (Å²) in [7, 11) is 0. The zero-order chi connectivity index (χ0) is 14.2. The van der Waals surface area contributed by atoms with Gasteiger partial charge in [-0.2, -0.15) is 0 Å². The van der Waals surface area contributed by atoms with E-state index in [4.69, 9.17) is 9.15 Å². The maximum absolute atomic E-state index is 5.84. The molecule has 112 valence electrons. The minimum absolute atomic E-state index is 0.0586. The highest BCUT2D eigenvalue weighted by Crippen LogP contribution is 2.39. The SMILES string of the molecule is Cc1csc(C2CN(Cc3nnc(C4CC4)o3)CCO2)n1. The summed E-state index contributed by atoms with van der Waals surface area (Å²) in [5.74, 6) is 2.04. The van der Waals surface area contributed by atoms with Crippen LogP contribution in [0.25, 0.3) is 0 Å². The summed E-state index contributed by atoms with van der Waals surface area (Å²) in [4.78, 5) is 6.83. The van der Waals surface area contributed by atoms with E-state index in [0.29, 0.717) is 25.0 Å². The molecule has 1 saturated heterocycles. The van der Waals surface area contributed by atoms with Gasteiger partial charge < -0.3 is 9.15 Å². The van der Waals surface area contributed by atoms with E-state index in [2.05, 4.69) is 25.5 Å². The van der Waals surface area contributed by atoms with E-state index in [1.807, 2.05) is 6.92 Å². The molecule has 1 aliphatic carbocycles. The van der Waals surface area contributed by atoms with E-state index in [0.717, 1.165) is 29.7 Å². The van der Waals surface area contributed by atoms with Crippen molar-refractivity contribution in [2.75, 3.05) is 19.7 Å². The Morgan fingerprint density at radius 1 is 1.38 bits per heavy atom. The van der Waals surface area contributed by atoms with Crippen LogP contribution >= 0.6 is 11.3 Å². The van der Waals surface area contributed by atoms with E-state index in [-0.39, 0.29) is 6.10 Å². The van der Waals surface area contributed by atoms with Crippen molar-refractivity contribution in [2.45, 2.75) is 38.3 Å². The average Bonchev–Trinajstić information content (AvgIpc) is 3.09. The van der Waals surface area contributed by atoms with Gasteiger partial charge >= 0.3 is 0 Å². The smallest absolute Gasteiger partial charge is 0.230 e. The first-order valence-corrected chi connectivity index (χ1v) is 8.24. The van der Waals surface area contributed by atoms with E-state index in [9.17, 15) is 0 Å². The van der Waals surface area contributed by atoms with Crippen LogP contribution in [0.2, 0.25) is 0 Å². The topological polar surface area (TPSA) is 64.3 Å². The Hall–Kier alpha value is -1.31. The van der Waals surface area contributed by atoms with Crippen molar-refractivity contribution in [3.63, 3.8) is 0 Å². The van der Waals surface area contributed by atoms with Gasteiger partial charge in [0.25, 0.3) is 0 Å². The maximum Gasteiger partial charge on any atom is 0.230 e. The first-order valence-electron chi connectivity index (χ1n) is 7.36. The minimum atomic E-state index is 0.0586. The molecule has 21 heavy (non-hydrogen) atoms. The van der Waals surface area contributed by atoms with Gasteiger partial charge in [-0.15, -0.1) is 21.5 Å². The normalized spacial score (nSPS) is 23.6.